The van der Waals surface area contributed by atoms with Crippen LogP contribution >= 0.6 is 0 Å². The van der Waals surface area contributed by atoms with Gasteiger partial charge in [-0.25, -0.2) is 0 Å². The minimum absolute atomic E-state index is 0.568. The van der Waals surface area contributed by atoms with Crippen molar-refractivity contribution in [2.45, 2.75) is 71.3 Å². The number of hydrazine groups is 1. The molecular weight excluding hydrogens is 208 g/mol. The van der Waals surface area contributed by atoms with E-state index in [1.807, 2.05) is 0 Å². The second-order valence-corrected chi connectivity index (χ2v) is 6.86. The minimum Gasteiger partial charge on any atom is -0.271 e. The third kappa shape index (κ3) is 3.69. The van der Waals surface area contributed by atoms with Crippen molar-refractivity contribution in [3.63, 3.8) is 0 Å². The smallest absolute Gasteiger partial charge is 0.0213 e. The van der Waals surface area contributed by atoms with Crippen LogP contribution in [0.25, 0.3) is 0 Å². The lowest BCUT2D eigenvalue weighted by molar-refractivity contribution is 0.268. The van der Waals surface area contributed by atoms with Crippen LogP contribution < -0.4 is 11.3 Å². The number of hydrogen-bond acceptors (Lipinski definition) is 2. The van der Waals surface area contributed by atoms with Crippen molar-refractivity contribution in [1.29, 1.82) is 0 Å². The molecule has 0 heterocycles. The number of hydrogen-bond donors (Lipinski definition) is 2. The Morgan fingerprint density at radius 2 is 2.00 bits per heavy atom. The molecule has 0 amide bonds. The Hall–Kier alpha value is -0.0800. The van der Waals surface area contributed by atoms with Crippen molar-refractivity contribution < 1.29 is 0 Å². The van der Waals surface area contributed by atoms with E-state index in [2.05, 4.69) is 19.3 Å². The SMILES string of the molecule is CC(C)CCCC(CC1CC2CCC1C2)NN. The Balaban J connectivity index is 1.68. The Morgan fingerprint density at radius 3 is 2.53 bits per heavy atom. The number of fused-ring (bicyclic) bond motifs is 2. The van der Waals surface area contributed by atoms with Gasteiger partial charge in [-0.1, -0.05) is 33.1 Å². The summed E-state index contributed by atoms with van der Waals surface area (Å²) in [6.45, 7) is 4.61. The summed E-state index contributed by atoms with van der Waals surface area (Å²) >= 11 is 0. The topological polar surface area (TPSA) is 38.0 Å². The van der Waals surface area contributed by atoms with Gasteiger partial charge in [-0.3, -0.25) is 11.3 Å². The van der Waals surface area contributed by atoms with E-state index in [-0.39, 0.29) is 0 Å². The van der Waals surface area contributed by atoms with Crippen molar-refractivity contribution in [2.24, 2.45) is 29.5 Å². The first-order valence-electron chi connectivity index (χ1n) is 7.65. The Bertz CT molecular complexity index is 227. The van der Waals surface area contributed by atoms with Gasteiger partial charge < -0.3 is 0 Å². The van der Waals surface area contributed by atoms with Crippen LogP contribution in [0.3, 0.4) is 0 Å². The van der Waals surface area contributed by atoms with Crippen molar-refractivity contribution >= 4 is 0 Å². The highest BCUT2D eigenvalue weighted by Gasteiger charge is 2.39. The summed E-state index contributed by atoms with van der Waals surface area (Å²) in [5, 5.41) is 0. The van der Waals surface area contributed by atoms with Crippen molar-refractivity contribution in [2.75, 3.05) is 0 Å². The molecule has 17 heavy (non-hydrogen) atoms. The van der Waals surface area contributed by atoms with Crippen LogP contribution in [-0.4, -0.2) is 6.04 Å². The van der Waals surface area contributed by atoms with Crippen LogP contribution in [0.5, 0.6) is 0 Å². The molecule has 0 aromatic rings. The van der Waals surface area contributed by atoms with E-state index in [9.17, 15) is 0 Å². The van der Waals surface area contributed by atoms with Crippen molar-refractivity contribution in [1.82, 2.24) is 5.43 Å². The zero-order chi connectivity index (χ0) is 12.3. The Morgan fingerprint density at radius 1 is 1.18 bits per heavy atom. The molecule has 0 aromatic carbocycles. The lowest BCUT2D eigenvalue weighted by atomic mass is 9.83. The molecule has 0 spiro atoms. The number of nitrogens with two attached hydrogens (primary N) is 1. The summed E-state index contributed by atoms with van der Waals surface area (Å²) in [6, 6.07) is 0.568. The highest BCUT2D eigenvalue weighted by molar-refractivity contribution is 4.91. The summed E-state index contributed by atoms with van der Waals surface area (Å²) in [4.78, 5) is 0. The summed E-state index contributed by atoms with van der Waals surface area (Å²) in [7, 11) is 0. The molecule has 4 atom stereocenters. The van der Waals surface area contributed by atoms with Crippen LogP contribution in [-0.2, 0) is 0 Å². The van der Waals surface area contributed by atoms with Crippen LogP contribution in [0.1, 0.15) is 65.2 Å². The molecule has 2 aliphatic rings. The average molecular weight is 238 g/mol. The van der Waals surface area contributed by atoms with E-state index < -0.39 is 0 Å². The number of rotatable bonds is 7. The molecular formula is C15H30N2. The second kappa shape index (κ2) is 6.19. The van der Waals surface area contributed by atoms with E-state index >= 15 is 0 Å². The van der Waals surface area contributed by atoms with E-state index in [0.29, 0.717) is 6.04 Å². The fourth-order valence-electron chi connectivity index (χ4n) is 4.07. The third-order valence-electron chi connectivity index (χ3n) is 5.04. The predicted molar refractivity (Wildman–Crippen MR) is 73.4 cm³/mol. The monoisotopic (exact) mass is 238 g/mol. The number of nitrogens with one attached hydrogen (secondary N) is 1. The summed E-state index contributed by atoms with van der Waals surface area (Å²) in [5.41, 5.74) is 3.06. The van der Waals surface area contributed by atoms with Gasteiger partial charge in [0, 0.05) is 6.04 Å². The van der Waals surface area contributed by atoms with Crippen LogP contribution in [0.2, 0.25) is 0 Å². The second-order valence-electron chi connectivity index (χ2n) is 6.86. The lowest BCUT2D eigenvalue weighted by Gasteiger charge is -2.26. The maximum absolute atomic E-state index is 5.72. The maximum Gasteiger partial charge on any atom is 0.0213 e. The van der Waals surface area contributed by atoms with E-state index in [1.54, 1.807) is 0 Å². The minimum atomic E-state index is 0.568. The van der Waals surface area contributed by atoms with Crippen LogP contribution in [0, 0.1) is 23.7 Å². The van der Waals surface area contributed by atoms with E-state index in [1.165, 1.54) is 51.4 Å². The molecule has 0 saturated heterocycles. The van der Waals surface area contributed by atoms with Crippen molar-refractivity contribution in [3.05, 3.63) is 0 Å². The first kappa shape index (κ1) is 13.4. The predicted octanol–water partition coefficient (Wildman–Crippen LogP) is 3.47. The molecule has 4 unspecified atom stereocenters. The van der Waals surface area contributed by atoms with Gasteiger partial charge in [0.15, 0.2) is 0 Å². The maximum atomic E-state index is 5.72. The molecule has 100 valence electrons. The molecule has 2 saturated carbocycles. The normalized spacial score (nSPS) is 33.5. The standard InChI is InChI=1S/C15H30N2/c1-11(2)4-3-5-15(17-16)10-14-9-12-6-7-13(14)8-12/h11-15,17H,3-10,16H2,1-2H3. The van der Waals surface area contributed by atoms with Gasteiger partial charge in [-0.05, 0) is 55.8 Å². The molecule has 2 rings (SSSR count). The van der Waals surface area contributed by atoms with Crippen LogP contribution in [0.4, 0.5) is 0 Å². The first-order chi connectivity index (χ1) is 8.19. The molecule has 2 nitrogen and oxygen atoms in total. The molecule has 2 heteroatoms. The van der Waals surface area contributed by atoms with Gasteiger partial charge in [-0.15, -0.1) is 0 Å². The fourth-order valence-corrected chi connectivity index (χ4v) is 4.07. The largest absolute Gasteiger partial charge is 0.271 e. The average Bonchev–Trinajstić information content (AvgIpc) is 2.89. The molecule has 0 aliphatic heterocycles. The molecule has 3 N–H and O–H groups in total. The van der Waals surface area contributed by atoms with Gasteiger partial charge in [0.05, 0.1) is 0 Å². The summed E-state index contributed by atoms with van der Waals surface area (Å²) in [5.74, 6) is 9.64. The fraction of sp³-hybridized carbons (Fsp3) is 1.00. The van der Waals surface area contributed by atoms with E-state index in [4.69, 9.17) is 5.84 Å². The van der Waals surface area contributed by atoms with Crippen molar-refractivity contribution in [3.8, 4) is 0 Å². The molecule has 0 radical (unpaired) electrons. The summed E-state index contributed by atoms with van der Waals surface area (Å²) < 4.78 is 0. The molecule has 2 bridgehead atoms. The third-order valence-corrected chi connectivity index (χ3v) is 5.04. The summed E-state index contributed by atoms with van der Waals surface area (Å²) in [6.07, 6.45) is 11.3. The Labute approximate surface area is 107 Å². The molecule has 2 fully saturated rings. The quantitative estimate of drug-likeness (QED) is 0.526. The molecule has 2 aliphatic carbocycles. The van der Waals surface area contributed by atoms with E-state index in [0.717, 1.165) is 23.7 Å². The highest BCUT2D eigenvalue weighted by Crippen LogP contribution is 2.50. The highest BCUT2D eigenvalue weighted by atomic mass is 15.2. The zero-order valence-electron chi connectivity index (χ0n) is 11.6. The lowest BCUT2D eigenvalue weighted by Crippen LogP contribution is -2.37. The van der Waals surface area contributed by atoms with Crippen LogP contribution in [0.15, 0.2) is 0 Å². The molecule has 0 aromatic heterocycles. The Kier molecular flexibility index (Phi) is 4.87. The first-order valence-corrected chi connectivity index (χ1v) is 7.65. The van der Waals surface area contributed by atoms with Gasteiger partial charge >= 0.3 is 0 Å². The van der Waals surface area contributed by atoms with Gasteiger partial charge in [-0.2, -0.15) is 0 Å². The van der Waals surface area contributed by atoms with Gasteiger partial charge in [0.25, 0.3) is 0 Å². The zero-order valence-corrected chi connectivity index (χ0v) is 11.6. The van der Waals surface area contributed by atoms with Gasteiger partial charge in [0.2, 0.25) is 0 Å². The van der Waals surface area contributed by atoms with Gasteiger partial charge in [0.1, 0.15) is 0 Å².